The van der Waals surface area contributed by atoms with Crippen molar-refractivity contribution in [2.75, 3.05) is 20.2 Å². The average Bonchev–Trinajstić information content (AvgIpc) is 2.99. The molecule has 2 aromatic rings. The van der Waals surface area contributed by atoms with Crippen molar-refractivity contribution in [1.29, 1.82) is 0 Å². The van der Waals surface area contributed by atoms with Gasteiger partial charge in [-0.15, -0.1) is 0 Å². The fraction of sp³-hybridized carbons (Fsp3) is 0.333. The van der Waals surface area contributed by atoms with Gasteiger partial charge in [0.05, 0.1) is 18.2 Å². The van der Waals surface area contributed by atoms with Gasteiger partial charge >= 0.3 is 0 Å². The molecule has 1 aromatic carbocycles. The van der Waals surface area contributed by atoms with Crippen LogP contribution in [-0.4, -0.2) is 36.0 Å². The number of rotatable bonds is 2. The van der Waals surface area contributed by atoms with Crippen LogP contribution in [0, 0.1) is 0 Å². The normalized spacial score (nSPS) is 14.9. The third kappa shape index (κ3) is 2.14. The molecule has 3 rings (SSSR count). The van der Waals surface area contributed by atoms with Crippen LogP contribution >= 0.6 is 0 Å². The molecule has 0 unspecified atom stereocenters. The van der Waals surface area contributed by atoms with Crippen LogP contribution < -0.4 is 4.74 Å². The summed E-state index contributed by atoms with van der Waals surface area (Å²) in [5.74, 6) is 0.753. The molecule has 1 aliphatic heterocycles. The van der Waals surface area contributed by atoms with Gasteiger partial charge in [0, 0.05) is 24.7 Å². The van der Waals surface area contributed by atoms with E-state index < -0.39 is 0 Å². The molecule has 0 aliphatic carbocycles. The SMILES string of the molecule is COc1cc(C(=O)N2CCCC2)c2ncccc2c1. The lowest BCUT2D eigenvalue weighted by Gasteiger charge is -2.16. The second-order valence-corrected chi connectivity index (χ2v) is 4.75. The third-order valence-electron chi connectivity index (χ3n) is 3.54. The van der Waals surface area contributed by atoms with E-state index in [9.17, 15) is 4.79 Å². The zero-order valence-corrected chi connectivity index (χ0v) is 10.9. The molecule has 1 amide bonds. The Morgan fingerprint density at radius 1 is 1.32 bits per heavy atom. The van der Waals surface area contributed by atoms with Crippen LogP contribution in [0.25, 0.3) is 10.9 Å². The number of hydrogen-bond acceptors (Lipinski definition) is 3. The maximum absolute atomic E-state index is 12.6. The number of amides is 1. The first-order valence-corrected chi connectivity index (χ1v) is 6.51. The predicted molar refractivity (Wildman–Crippen MR) is 73.4 cm³/mol. The largest absolute Gasteiger partial charge is 0.497 e. The molecule has 4 nitrogen and oxygen atoms in total. The molecule has 0 radical (unpaired) electrons. The molecule has 0 N–H and O–H groups in total. The maximum Gasteiger partial charge on any atom is 0.256 e. The first-order chi connectivity index (χ1) is 9.29. The van der Waals surface area contributed by atoms with Crippen molar-refractivity contribution >= 4 is 16.8 Å². The first kappa shape index (κ1) is 12.0. The minimum Gasteiger partial charge on any atom is -0.497 e. The highest BCUT2D eigenvalue weighted by Gasteiger charge is 2.22. The minimum absolute atomic E-state index is 0.0556. The summed E-state index contributed by atoms with van der Waals surface area (Å²) in [4.78, 5) is 18.8. The van der Waals surface area contributed by atoms with Crippen molar-refractivity contribution in [3.05, 3.63) is 36.0 Å². The number of nitrogens with zero attached hydrogens (tertiary/aromatic N) is 2. The molecule has 0 saturated carbocycles. The Morgan fingerprint density at radius 3 is 2.84 bits per heavy atom. The van der Waals surface area contributed by atoms with Crippen molar-refractivity contribution in [3.8, 4) is 5.75 Å². The van der Waals surface area contributed by atoms with Gasteiger partial charge in [-0.2, -0.15) is 0 Å². The van der Waals surface area contributed by atoms with Gasteiger partial charge in [0.15, 0.2) is 0 Å². The van der Waals surface area contributed by atoms with E-state index in [0.29, 0.717) is 11.3 Å². The summed E-state index contributed by atoms with van der Waals surface area (Å²) in [6, 6.07) is 7.51. The molecule has 1 fully saturated rings. The lowest BCUT2D eigenvalue weighted by molar-refractivity contribution is 0.0794. The number of pyridine rings is 1. The van der Waals surface area contributed by atoms with Gasteiger partial charge in [0.1, 0.15) is 5.75 Å². The fourth-order valence-electron chi connectivity index (χ4n) is 2.54. The molecule has 1 saturated heterocycles. The van der Waals surface area contributed by atoms with Crippen LogP contribution in [0.15, 0.2) is 30.5 Å². The Morgan fingerprint density at radius 2 is 2.11 bits per heavy atom. The number of fused-ring (bicyclic) bond motifs is 1. The van der Waals surface area contributed by atoms with Crippen LogP contribution in [0.3, 0.4) is 0 Å². The summed E-state index contributed by atoms with van der Waals surface area (Å²) in [7, 11) is 1.61. The molecule has 0 bridgehead atoms. The number of hydrogen-bond donors (Lipinski definition) is 0. The van der Waals surface area contributed by atoms with E-state index in [1.165, 1.54) is 0 Å². The number of carbonyl (C=O) groups is 1. The quantitative estimate of drug-likeness (QED) is 0.829. The minimum atomic E-state index is 0.0556. The number of methoxy groups -OCH3 is 1. The number of likely N-dealkylation sites (tertiary alicyclic amines) is 1. The average molecular weight is 256 g/mol. The first-order valence-electron chi connectivity index (χ1n) is 6.51. The summed E-state index contributed by atoms with van der Waals surface area (Å²) in [6.45, 7) is 1.68. The molecule has 1 aliphatic rings. The highest BCUT2D eigenvalue weighted by atomic mass is 16.5. The van der Waals surface area contributed by atoms with E-state index in [-0.39, 0.29) is 5.91 Å². The molecule has 1 aromatic heterocycles. The van der Waals surface area contributed by atoms with Crippen LogP contribution in [0.2, 0.25) is 0 Å². The topological polar surface area (TPSA) is 42.4 Å². The number of ether oxygens (including phenoxy) is 1. The van der Waals surface area contributed by atoms with Gasteiger partial charge in [-0.25, -0.2) is 0 Å². The maximum atomic E-state index is 12.6. The van der Waals surface area contributed by atoms with Crippen molar-refractivity contribution in [2.24, 2.45) is 0 Å². The van der Waals surface area contributed by atoms with E-state index in [1.807, 2.05) is 23.1 Å². The van der Waals surface area contributed by atoms with Crippen molar-refractivity contribution < 1.29 is 9.53 Å². The Bertz CT molecular complexity index is 619. The highest BCUT2D eigenvalue weighted by Crippen LogP contribution is 2.25. The van der Waals surface area contributed by atoms with Gasteiger partial charge in [0.25, 0.3) is 5.91 Å². The Hall–Kier alpha value is -2.10. The lowest BCUT2D eigenvalue weighted by Crippen LogP contribution is -2.27. The summed E-state index contributed by atoms with van der Waals surface area (Å²) >= 11 is 0. The zero-order valence-electron chi connectivity index (χ0n) is 10.9. The molecular formula is C15H16N2O2. The highest BCUT2D eigenvalue weighted by molar-refractivity contribution is 6.06. The number of aromatic nitrogens is 1. The van der Waals surface area contributed by atoms with Crippen LogP contribution in [0.5, 0.6) is 5.75 Å². The second kappa shape index (κ2) is 4.88. The molecule has 98 valence electrons. The van der Waals surface area contributed by atoms with Crippen molar-refractivity contribution in [2.45, 2.75) is 12.8 Å². The summed E-state index contributed by atoms with van der Waals surface area (Å²) < 4.78 is 5.28. The third-order valence-corrected chi connectivity index (χ3v) is 3.54. The van der Waals surface area contributed by atoms with Crippen molar-refractivity contribution in [3.63, 3.8) is 0 Å². The Labute approximate surface area is 112 Å². The summed E-state index contributed by atoms with van der Waals surface area (Å²) in [6.07, 6.45) is 3.89. The monoisotopic (exact) mass is 256 g/mol. The molecule has 19 heavy (non-hydrogen) atoms. The summed E-state index contributed by atoms with van der Waals surface area (Å²) in [5.41, 5.74) is 1.39. The number of benzene rings is 1. The standard InChI is InChI=1S/C15H16N2O2/c1-19-12-9-11-5-4-6-16-14(11)13(10-12)15(18)17-7-2-3-8-17/h4-6,9-10H,2-3,7-8H2,1H3. The van der Waals surface area contributed by atoms with Crippen LogP contribution in [0.4, 0.5) is 0 Å². The summed E-state index contributed by atoms with van der Waals surface area (Å²) in [5, 5.41) is 0.935. The Balaban J connectivity index is 2.12. The molecule has 0 atom stereocenters. The fourth-order valence-corrected chi connectivity index (χ4v) is 2.54. The smallest absolute Gasteiger partial charge is 0.256 e. The van der Waals surface area contributed by atoms with Gasteiger partial charge in [0.2, 0.25) is 0 Å². The molecule has 2 heterocycles. The van der Waals surface area contributed by atoms with Gasteiger partial charge in [-0.3, -0.25) is 9.78 Å². The molecular weight excluding hydrogens is 240 g/mol. The second-order valence-electron chi connectivity index (χ2n) is 4.75. The van der Waals surface area contributed by atoms with E-state index in [2.05, 4.69) is 4.98 Å². The van der Waals surface area contributed by atoms with Gasteiger partial charge in [-0.05, 0) is 31.0 Å². The lowest BCUT2D eigenvalue weighted by atomic mass is 10.1. The van der Waals surface area contributed by atoms with E-state index in [0.717, 1.165) is 36.8 Å². The van der Waals surface area contributed by atoms with E-state index in [1.54, 1.807) is 19.4 Å². The van der Waals surface area contributed by atoms with E-state index >= 15 is 0 Å². The predicted octanol–water partition coefficient (Wildman–Crippen LogP) is 2.48. The van der Waals surface area contributed by atoms with Gasteiger partial charge < -0.3 is 9.64 Å². The Kier molecular flexibility index (Phi) is 3.07. The number of carbonyl (C=O) groups excluding carboxylic acids is 1. The van der Waals surface area contributed by atoms with Crippen molar-refractivity contribution in [1.82, 2.24) is 9.88 Å². The van der Waals surface area contributed by atoms with E-state index in [4.69, 9.17) is 4.74 Å². The van der Waals surface area contributed by atoms with Crippen LogP contribution in [-0.2, 0) is 0 Å². The van der Waals surface area contributed by atoms with Crippen LogP contribution in [0.1, 0.15) is 23.2 Å². The zero-order chi connectivity index (χ0) is 13.2. The molecule has 0 spiro atoms. The van der Waals surface area contributed by atoms with Gasteiger partial charge in [-0.1, -0.05) is 6.07 Å². The molecule has 4 heteroatoms.